The molecule has 2 aliphatic heterocycles. The molecule has 2 saturated heterocycles. The number of likely N-dealkylation sites (tertiary alicyclic amines) is 1. The minimum absolute atomic E-state index is 0.334. The second-order valence-corrected chi connectivity index (χ2v) is 13.3. The molecular formula is C31H46N4O5S. The number of hydrogen-bond acceptors (Lipinski definition) is 9. The zero-order chi connectivity index (χ0) is 28.7. The second-order valence-electron chi connectivity index (χ2n) is 11.9. The molecule has 9 nitrogen and oxygen atoms in total. The Morgan fingerprint density at radius 3 is 2.66 bits per heavy atom. The number of aromatic nitrogens is 1. The van der Waals surface area contributed by atoms with Gasteiger partial charge in [0.1, 0.15) is 5.75 Å². The Bertz CT molecular complexity index is 1150. The zero-order valence-corrected chi connectivity index (χ0v) is 25.2. The number of morpholine rings is 1. The molecule has 1 aromatic carbocycles. The Hall–Kier alpha value is -1.95. The molecule has 1 unspecified atom stereocenters. The van der Waals surface area contributed by atoms with Gasteiger partial charge in [0.05, 0.1) is 37.4 Å². The Morgan fingerprint density at radius 1 is 1.20 bits per heavy atom. The van der Waals surface area contributed by atoms with Crippen LogP contribution in [0.5, 0.6) is 5.75 Å². The van der Waals surface area contributed by atoms with E-state index in [-0.39, 0.29) is 5.91 Å². The van der Waals surface area contributed by atoms with Gasteiger partial charge in [-0.15, -0.1) is 0 Å². The fourth-order valence-electron chi connectivity index (χ4n) is 6.75. The molecule has 1 saturated carbocycles. The molecule has 41 heavy (non-hydrogen) atoms. The van der Waals surface area contributed by atoms with Crippen LogP contribution in [0.4, 0.5) is 0 Å². The topological polar surface area (TPSA) is 107 Å². The highest BCUT2D eigenvalue weighted by Gasteiger charge is 2.41. The minimum atomic E-state index is -0.784. The summed E-state index contributed by atoms with van der Waals surface area (Å²) in [6.45, 7) is 6.42. The molecule has 0 bridgehead atoms. The van der Waals surface area contributed by atoms with Crippen molar-refractivity contribution in [2.75, 3.05) is 58.8 Å². The Balaban J connectivity index is 1.29. The Kier molecular flexibility index (Phi) is 10.8. The molecule has 5 rings (SSSR count). The molecule has 3 N–H and O–H groups in total. The lowest BCUT2D eigenvalue weighted by Crippen LogP contribution is -2.48. The molecule has 0 spiro atoms. The zero-order valence-electron chi connectivity index (χ0n) is 24.4. The first-order chi connectivity index (χ1) is 20.0. The Labute approximate surface area is 247 Å². The number of nitrogens with one attached hydrogen (secondary N) is 1. The van der Waals surface area contributed by atoms with Crippen molar-refractivity contribution in [3.05, 3.63) is 35.5 Å². The number of rotatable bonds is 12. The van der Waals surface area contributed by atoms with Crippen LogP contribution < -0.4 is 10.2 Å². The predicted molar refractivity (Wildman–Crippen MR) is 161 cm³/mol. The maximum atomic E-state index is 13.0. The van der Waals surface area contributed by atoms with Gasteiger partial charge in [0.2, 0.25) is 5.91 Å². The second kappa shape index (κ2) is 14.5. The highest BCUT2D eigenvalue weighted by molar-refractivity contribution is 7.99. The van der Waals surface area contributed by atoms with E-state index < -0.39 is 11.5 Å². The highest BCUT2D eigenvalue weighted by Crippen LogP contribution is 2.41. The quantitative estimate of drug-likeness (QED) is 0.250. The van der Waals surface area contributed by atoms with Gasteiger partial charge in [-0.1, -0.05) is 12.8 Å². The van der Waals surface area contributed by atoms with Crippen LogP contribution >= 0.6 is 11.8 Å². The summed E-state index contributed by atoms with van der Waals surface area (Å²) in [7, 11) is 1.64. The summed E-state index contributed by atoms with van der Waals surface area (Å²) in [5.74, 6) is 1.51. The van der Waals surface area contributed by atoms with Crippen molar-refractivity contribution < 1.29 is 24.6 Å². The summed E-state index contributed by atoms with van der Waals surface area (Å²) in [5, 5.41) is 23.1. The number of carbonyl (C=O) groups excluding carboxylic acids is 1. The lowest BCUT2D eigenvalue weighted by atomic mass is 9.73. The average molecular weight is 587 g/mol. The number of carbonyl (C=O) groups is 1. The van der Waals surface area contributed by atoms with Crippen molar-refractivity contribution in [1.82, 2.24) is 20.3 Å². The van der Waals surface area contributed by atoms with Gasteiger partial charge in [-0.2, -0.15) is 11.8 Å². The van der Waals surface area contributed by atoms with Crippen LogP contribution in [0.3, 0.4) is 0 Å². The van der Waals surface area contributed by atoms with Gasteiger partial charge in [0, 0.05) is 48.8 Å². The molecule has 0 radical (unpaired) electrons. The smallest absolute Gasteiger partial charge is 0.249 e. The van der Waals surface area contributed by atoms with Crippen molar-refractivity contribution >= 4 is 28.6 Å². The van der Waals surface area contributed by atoms with Crippen molar-refractivity contribution in [3.63, 3.8) is 0 Å². The molecule has 3 fully saturated rings. The van der Waals surface area contributed by atoms with E-state index in [0.29, 0.717) is 51.2 Å². The van der Waals surface area contributed by atoms with E-state index in [1.807, 2.05) is 29.9 Å². The number of fused-ring (bicyclic) bond motifs is 1. The van der Waals surface area contributed by atoms with Crippen molar-refractivity contribution in [2.45, 2.75) is 69.3 Å². The lowest BCUT2D eigenvalue weighted by molar-refractivity contribution is -0.143. The van der Waals surface area contributed by atoms with E-state index in [9.17, 15) is 15.1 Å². The van der Waals surface area contributed by atoms with E-state index in [0.717, 1.165) is 65.8 Å². The van der Waals surface area contributed by atoms with Crippen LogP contribution in [0.2, 0.25) is 0 Å². The first-order valence-electron chi connectivity index (χ1n) is 15.2. The largest absolute Gasteiger partial charge is 0.497 e. The summed E-state index contributed by atoms with van der Waals surface area (Å²) in [6.07, 6.45) is 8.77. The molecule has 1 aromatic heterocycles. The number of hydroxylamine groups is 1. The molecule has 3 aliphatic rings. The first kappa shape index (κ1) is 30.5. The molecular weight excluding hydrogens is 540 g/mol. The molecule has 1 atom stereocenters. The maximum absolute atomic E-state index is 13.0. The number of aliphatic hydroxyl groups excluding tert-OH is 1. The highest BCUT2D eigenvalue weighted by atomic mass is 32.2. The van der Waals surface area contributed by atoms with Crippen molar-refractivity contribution in [3.8, 4) is 5.75 Å². The van der Waals surface area contributed by atoms with Gasteiger partial charge in [0.15, 0.2) is 0 Å². The van der Waals surface area contributed by atoms with E-state index in [1.54, 1.807) is 7.11 Å². The SMILES string of the molecule is COc1ccc2ncc(CN3CCOCC3)c(C(O)CCC3(C(=O)NO)CCN(CCSC4CCCC4)CC3)c2c1. The van der Waals surface area contributed by atoms with Crippen molar-refractivity contribution in [1.29, 1.82) is 0 Å². The number of benzene rings is 1. The normalized spacial score (nSPS) is 21.2. The summed E-state index contributed by atoms with van der Waals surface area (Å²) in [5.41, 5.74) is 3.89. The number of piperidine rings is 1. The maximum Gasteiger partial charge on any atom is 0.249 e. The summed E-state index contributed by atoms with van der Waals surface area (Å²) >= 11 is 2.10. The van der Waals surface area contributed by atoms with Gasteiger partial charge >= 0.3 is 0 Å². The molecule has 3 heterocycles. The van der Waals surface area contributed by atoms with Gasteiger partial charge in [0.25, 0.3) is 0 Å². The first-order valence-corrected chi connectivity index (χ1v) is 16.3. The van der Waals surface area contributed by atoms with Crippen LogP contribution in [0.1, 0.15) is 68.6 Å². The molecule has 10 heteroatoms. The third kappa shape index (κ3) is 7.53. The summed E-state index contributed by atoms with van der Waals surface area (Å²) < 4.78 is 11.0. The van der Waals surface area contributed by atoms with Gasteiger partial charge in [-0.3, -0.25) is 19.9 Å². The number of methoxy groups -OCH3 is 1. The predicted octanol–water partition coefficient (Wildman–Crippen LogP) is 4.15. The average Bonchev–Trinajstić information content (AvgIpc) is 3.54. The van der Waals surface area contributed by atoms with E-state index in [1.165, 1.54) is 25.7 Å². The molecule has 1 aliphatic carbocycles. The fraction of sp³-hybridized carbons (Fsp3) is 0.677. The van der Waals surface area contributed by atoms with Gasteiger partial charge < -0.3 is 19.5 Å². The number of ether oxygens (including phenoxy) is 2. The summed E-state index contributed by atoms with van der Waals surface area (Å²) in [6, 6.07) is 5.75. The Morgan fingerprint density at radius 2 is 1.95 bits per heavy atom. The van der Waals surface area contributed by atoms with Crippen LogP contribution in [-0.4, -0.2) is 95.1 Å². The summed E-state index contributed by atoms with van der Waals surface area (Å²) in [4.78, 5) is 22.5. The fourth-order valence-corrected chi connectivity index (χ4v) is 8.12. The van der Waals surface area contributed by atoms with E-state index in [2.05, 4.69) is 21.6 Å². The molecule has 226 valence electrons. The van der Waals surface area contributed by atoms with E-state index in [4.69, 9.17) is 14.5 Å². The monoisotopic (exact) mass is 586 g/mol. The minimum Gasteiger partial charge on any atom is -0.497 e. The van der Waals surface area contributed by atoms with Crippen molar-refractivity contribution in [2.24, 2.45) is 5.41 Å². The van der Waals surface area contributed by atoms with Crippen LogP contribution in [0.25, 0.3) is 10.9 Å². The number of nitrogens with zero attached hydrogens (tertiary/aromatic N) is 3. The van der Waals surface area contributed by atoms with Gasteiger partial charge in [-0.05, 0) is 80.9 Å². The van der Waals surface area contributed by atoms with Gasteiger partial charge in [-0.25, -0.2) is 5.48 Å². The standard InChI is InChI=1S/C31H46N4O5S/c1-39-24-6-7-27-26(20-24)29(23(21-32-27)22-35-14-17-40-18-15-35)28(36)8-9-31(30(37)33-38)10-12-34(13-11-31)16-19-41-25-4-2-3-5-25/h6-7,20-21,25,28,36,38H,2-5,8-19,22H2,1H3,(H,33,37). The number of hydrogen-bond donors (Lipinski definition) is 3. The van der Waals surface area contributed by atoms with Crippen LogP contribution in [-0.2, 0) is 16.1 Å². The van der Waals surface area contributed by atoms with E-state index >= 15 is 0 Å². The lowest BCUT2D eigenvalue weighted by Gasteiger charge is -2.40. The third-order valence-corrected chi connectivity index (χ3v) is 10.7. The number of thioether (sulfide) groups is 1. The number of pyridine rings is 1. The molecule has 1 amide bonds. The van der Waals surface area contributed by atoms with Crippen LogP contribution in [0.15, 0.2) is 24.4 Å². The number of amides is 1. The van der Waals surface area contributed by atoms with Crippen LogP contribution in [0, 0.1) is 5.41 Å². The molecule has 2 aromatic rings. The third-order valence-electron chi connectivity index (χ3n) is 9.39. The number of aliphatic hydroxyl groups is 1.